The molecule has 0 heterocycles. The molecule has 2 N–H and O–H groups in total. The summed E-state index contributed by atoms with van der Waals surface area (Å²) in [4.78, 5) is 31.8. The first-order chi connectivity index (χ1) is 26.4. The van der Waals surface area contributed by atoms with Crippen molar-refractivity contribution >= 4 is 22.8 Å². The summed E-state index contributed by atoms with van der Waals surface area (Å²) < 4.78 is 0. The Bertz CT molecular complexity index is 1370. The van der Waals surface area contributed by atoms with Crippen LogP contribution in [0.5, 0.6) is 5.75 Å². The van der Waals surface area contributed by atoms with Crippen LogP contribution in [0.1, 0.15) is 187 Å². The Morgan fingerprint density at radius 2 is 0.926 bits per heavy atom. The van der Waals surface area contributed by atoms with Gasteiger partial charge in [0.05, 0.1) is 11.1 Å². The molecule has 0 aliphatic heterocycles. The normalized spacial score (nSPS) is 15.6. The molecule has 302 valence electrons. The van der Waals surface area contributed by atoms with Crippen molar-refractivity contribution in [3.8, 4) is 5.75 Å². The lowest BCUT2D eigenvalue weighted by molar-refractivity contribution is -0.114. The number of aromatic hydroxyl groups is 1. The number of hydrogen-bond acceptors (Lipinski definition) is 6. The fraction of sp³-hybridized carbons (Fsp3) is 0.667. The minimum atomic E-state index is -0.396. The number of hydrogen-bond donors (Lipinski definition) is 2. The minimum absolute atomic E-state index is 0.0185. The number of carbonyl (C=O) groups excluding carboxylic acids is 2. The third-order valence-electron chi connectivity index (χ3n) is 11.3. The number of unbranched alkanes of at least 4 members (excludes halogenated alkanes) is 20. The summed E-state index contributed by atoms with van der Waals surface area (Å²) >= 11 is 0. The van der Waals surface area contributed by atoms with Crippen LogP contribution in [0.3, 0.4) is 0 Å². The lowest BCUT2D eigenvalue weighted by atomic mass is 9.79. The predicted molar refractivity (Wildman–Crippen MR) is 229 cm³/mol. The molecular formula is C48H76N2O4. The van der Waals surface area contributed by atoms with Crippen LogP contribution in [0.4, 0.5) is 5.69 Å². The Labute approximate surface area is 329 Å². The first kappa shape index (κ1) is 45.1. The molecule has 0 atom stereocenters. The summed E-state index contributed by atoms with van der Waals surface area (Å²) in [6, 6.07) is 5.46. The van der Waals surface area contributed by atoms with Gasteiger partial charge >= 0.3 is 0 Å². The summed E-state index contributed by atoms with van der Waals surface area (Å²) in [6.07, 6.45) is 34.7. The van der Waals surface area contributed by atoms with Gasteiger partial charge in [-0.15, -0.1) is 0 Å². The van der Waals surface area contributed by atoms with Gasteiger partial charge in [0.15, 0.2) is 5.78 Å². The molecular weight excluding hydrogens is 669 g/mol. The number of aliphatic hydroxyl groups excluding tert-OH is 1. The summed E-state index contributed by atoms with van der Waals surface area (Å²) in [7, 11) is 0. The number of phenolic OH excluding ortho intramolecular Hbond substituents is 1. The van der Waals surface area contributed by atoms with Crippen LogP contribution >= 0.6 is 0 Å². The average molecular weight is 745 g/mol. The second kappa shape index (κ2) is 26.5. The Kier molecular flexibility index (Phi) is 22.1. The molecule has 0 radical (unpaired) electrons. The number of nitrogens with zero attached hydrogens (tertiary/aromatic N) is 2. The van der Waals surface area contributed by atoms with E-state index in [9.17, 15) is 19.8 Å². The molecule has 6 heteroatoms. The summed E-state index contributed by atoms with van der Waals surface area (Å²) in [5, 5.41) is 22.4. The molecule has 0 aromatic heterocycles. The molecule has 2 aliphatic rings. The van der Waals surface area contributed by atoms with E-state index >= 15 is 0 Å². The smallest absolute Gasteiger partial charge is 0.202 e. The SMILES string of the molecule is CCCCCCCCN(CCCCCCCC)C1=CC(=O)/C(=C2/C(=O)C(c3ccc(N(CCCCCCCC)CCCCCCCC)cc3O)=C2O)C=C1. The lowest BCUT2D eigenvalue weighted by Gasteiger charge is -2.29. The van der Waals surface area contributed by atoms with Crippen molar-refractivity contribution in [1.82, 2.24) is 4.90 Å². The molecule has 54 heavy (non-hydrogen) atoms. The van der Waals surface area contributed by atoms with Crippen molar-refractivity contribution in [2.24, 2.45) is 0 Å². The van der Waals surface area contributed by atoms with Gasteiger partial charge in [0.1, 0.15) is 11.5 Å². The van der Waals surface area contributed by atoms with Crippen LogP contribution in [0, 0.1) is 0 Å². The number of Topliss-reactive ketones (excluding diaryl/α,β-unsaturated/α-hetero) is 1. The number of allylic oxidation sites excluding steroid dienone is 6. The first-order valence-corrected chi connectivity index (χ1v) is 22.4. The van der Waals surface area contributed by atoms with Crippen molar-refractivity contribution in [1.29, 1.82) is 0 Å². The van der Waals surface area contributed by atoms with Crippen LogP contribution in [-0.2, 0) is 9.59 Å². The fourth-order valence-corrected chi connectivity index (χ4v) is 7.82. The lowest BCUT2D eigenvalue weighted by Crippen LogP contribution is -2.29. The summed E-state index contributed by atoms with van der Waals surface area (Å²) in [6.45, 7) is 12.6. The molecule has 0 unspecified atom stereocenters. The van der Waals surface area contributed by atoms with E-state index in [0.29, 0.717) is 5.56 Å². The number of phenols is 1. The van der Waals surface area contributed by atoms with Crippen LogP contribution in [0.25, 0.3) is 5.57 Å². The topological polar surface area (TPSA) is 81.1 Å². The Hall–Kier alpha value is -3.28. The van der Waals surface area contributed by atoms with Crippen molar-refractivity contribution in [3.63, 3.8) is 0 Å². The maximum absolute atomic E-state index is 13.6. The zero-order valence-electron chi connectivity index (χ0n) is 34.9. The summed E-state index contributed by atoms with van der Waals surface area (Å²) in [5.41, 5.74) is 2.52. The van der Waals surface area contributed by atoms with Crippen LogP contribution in [0.2, 0.25) is 0 Å². The minimum Gasteiger partial charge on any atom is -0.507 e. The second-order valence-electron chi connectivity index (χ2n) is 15.9. The number of aliphatic hydroxyl groups is 1. The van der Waals surface area contributed by atoms with E-state index in [2.05, 4.69) is 37.5 Å². The molecule has 0 amide bonds. The molecule has 0 fully saturated rings. The molecule has 2 aliphatic carbocycles. The van der Waals surface area contributed by atoms with Gasteiger partial charge in [-0.1, -0.05) is 156 Å². The van der Waals surface area contributed by atoms with Gasteiger partial charge in [-0.3, -0.25) is 9.59 Å². The van der Waals surface area contributed by atoms with E-state index in [1.165, 1.54) is 128 Å². The highest BCUT2D eigenvalue weighted by atomic mass is 16.3. The van der Waals surface area contributed by atoms with Gasteiger partial charge < -0.3 is 20.0 Å². The number of ketones is 2. The van der Waals surface area contributed by atoms with Gasteiger partial charge in [-0.25, -0.2) is 0 Å². The number of carbonyl (C=O) groups is 2. The Morgan fingerprint density at radius 3 is 1.33 bits per heavy atom. The molecule has 3 rings (SSSR count). The van der Waals surface area contributed by atoms with Gasteiger partial charge in [0, 0.05) is 60.8 Å². The average Bonchev–Trinajstić information content (AvgIpc) is 3.17. The fourth-order valence-electron chi connectivity index (χ4n) is 7.82. The maximum Gasteiger partial charge on any atom is 0.202 e. The molecule has 0 bridgehead atoms. The van der Waals surface area contributed by atoms with Crippen LogP contribution < -0.4 is 4.90 Å². The van der Waals surface area contributed by atoms with E-state index in [1.807, 2.05) is 12.1 Å². The number of benzene rings is 1. The standard InChI is InChI=1S/C48H76N2O4/c1-5-9-13-17-21-25-33-49(34-26-22-18-14-10-6-2)39-29-31-41(43(51)37-39)45-47(53)46(48(45)54)42-32-30-40(38-44(42)52)50(35-27-23-19-15-11-7-3)36-28-24-20-16-12-8-4/h29-32,37-38,51,53H,5-28,33-36H2,1-4H3/b46-42+. The third kappa shape index (κ3) is 14.8. The van der Waals surface area contributed by atoms with Crippen molar-refractivity contribution < 1.29 is 19.8 Å². The van der Waals surface area contributed by atoms with Crippen molar-refractivity contribution in [2.75, 3.05) is 31.1 Å². The molecule has 0 saturated heterocycles. The second-order valence-corrected chi connectivity index (χ2v) is 15.9. The van der Waals surface area contributed by atoms with Gasteiger partial charge in [0.25, 0.3) is 0 Å². The van der Waals surface area contributed by atoms with E-state index in [4.69, 9.17) is 0 Å². The highest BCUT2D eigenvalue weighted by Crippen LogP contribution is 2.43. The highest BCUT2D eigenvalue weighted by Gasteiger charge is 2.39. The number of anilines is 1. The maximum atomic E-state index is 13.6. The van der Waals surface area contributed by atoms with Gasteiger partial charge in [0.2, 0.25) is 5.78 Å². The van der Waals surface area contributed by atoms with Crippen LogP contribution in [-0.4, -0.2) is 52.9 Å². The monoisotopic (exact) mass is 745 g/mol. The van der Waals surface area contributed by atoms with Crippen molar-refractivity contribution in [2.45, 2.75) is 182 Å². The van der Waals surface area contributed by atoms with E-state index in [1.54, 1.807) is 24.3 Å². The molecule has 0 spiro atoms. The number of rotatable bonds is 31. The Morgan fingerprint density at radius 1 is 0.500 bits per heavy atom. The quantitative estimate of drug-likeness (QED) is 0.0582. The van der Waals surface area contributed by atoms with Crippen LogP contribution in [0.15, 0.2) is 59.0 Å². The third-order valence-corrected chi connectivity index (χ3v) is 11.3. The summed E-state index contributed by atoms with van der Waals surface area (Å²) in [5.74, 6) is -0.876. The van der Waals surface area contributed by atoms with Gasteiger partial charge in [-0.2, -0.15) is 0 Å². The largest absolute Gasteiger partial charge is 0.507 e. The van der Waals surface area contributed by atoms with Crippen molar-refractivity contribution in [3.05, 3.63) is 64.6 Å². The predicted octanol–water partition coefficient (Wildman–Crippen LogP) is 13.1. The molecule has 0 saturated carbocycles. The zero-order chi connectivity index (χ0) is 39.0. The van der Waals surface area contributed by atoms with E-state index in [-0.39, 0.29) is 34.0 Å². The zero-order valence-corrected chi connectivity index (χ0v) is 34.9. The molecule has 1 aromatic carbocycles. The highest BCUT2D eigenvalue weighted by molar-refractivity contribution is 6.41. The molecule has 6 nitrogen and oxygen atoms in total. The van der Waals surface area contributed by atoms with Gasteiger partial charge in [-0.05, 0) is 50.0 Å². The molecule has 1 aromatic rings. The first-order valence-electron chi connectivity index (χ1n) is 22.4. The Balaban J connectivity index is 1.72. The van der Waals surface area contributed by atoms with E-state index < -0.39 is 5.78 Å². The van der Waals surface area contributed by atoms with E-state index in [0.717, 1.165) is 63.2 Å².